The highest BCUT2D eigenvalue weighted by atomic mass is 19.1. The number of nitrogens with zero attached hydrogens (tertiary/aromatic N) is 1. The largest absolute Gasteiger partial charge is 0.394 e. The number of nitrogens with one attached hydrogen (secondary N) is 1. The predicted molar refractivity (Wildman–Crippen MR) is 66.8 cm³/mol. The average molecular weight is 252 g/mol. The smallest absolute Gasteiger partial charge is 0.322 e. The first-order valence-electron chi connectivity index (χ1n) is 6.06. The molecule has 0 bridgehead atoms. The molecule has 1 aromatic carbocycles. The number of rotatable bonds is 2. The minimum Gasteiger partial charge on any atom is -0.394 e. The number of hydrogen-bond acceptors (Lipinski definition) is 2. The van der Waals surface area contributed by atoms with Crippen LogP contribution in [0.4, 0.5) is 14.9 Å². The zero-order valence-electron chi connectivity index (χ0n) is 10.3. The fraction of sp³-hybridized carbons (Fsp3) is 0.462. The maximum absolute atomic E-state index is 13.0. The van der Waals surface area contributed by atoms with Crippen LogP contribution in [0.1, 0.15) is 13.3 Å². The molecule has 2 rings (SSSR count). The molecule has 2 atom stereocenters. The van der Waals surface area contributed by atoms with E-state index in [2.05, 4.69) is 5.32 Å². The van der Waals surface area contributed by atoms with Crippen LogP contribution < -0.4 is 5.32 Å². The number of aliphatic hydroxyl groups is 1. The zero-order valence-corrected chi connectivity index (χ0v) is 10.3. The zero-order chi connectivity index (χ0) is 13.1. The van der Waals surface area contributed by atoms with Gasteiger partial charge in [-0.2, -0.15) is 0 Å². The van der Waals surface area contributed by atoms with Gasteiger partial charge in [-0.1, -0.05) is 13.0 Å². The molecule has 1 saturated heterocycles. The highest BCUT2D eigenvalue weighted by Crippen LogP contribution is 2.24. The Morgan fingerprint density at radius 2 is 2.39 bits per heavy atom. The lowest BCUT2D eigenvalue weighted by Gasteiger charge is -2.25. The monoisotopic (exact) mass is 252 g/mol. The van der Waals surface area contributed by atoms with E-state index in [0.717, 1.165) is 6.42 Å². The van der Waals surface area contributed by atoms with Crippen molar-refractivity contribution in [3.8, 4) is 0 Å². The van der Waals surface area contributed by atoms with Crippen LogP contribution in [0.3, 0.4) is 0 Å². The summed E-state index contributed by atoms with van der Waals surface area (Å²) in [6, 6.07) is 5.33. The summed E-state index contributed by atoms with van der Waals surface area (Å²) in [5, 5.41) is 11.9. The van der Waals surface area contributed by atoms with Crippen LogP contribution in [0, 0.1) is 11.7 Å². The number of likely N-dealkylation sites (tertiary alicyclic amines) is 1. The Balaban J connectivity index is 2.04. The second-order valence-electron chi connectivity index (χ2n) is 4.65. The molecule has 18 heavy (non-hydrogen) atoms. The summed E-state index contributed by atoms with van der Waals surface area (Å²) < 4.78 is 13.0. The molecule has 98 valence electrons. The Morgan fingerprint density at radius 3 is 3.06 bits per heavy atom. The third-order valence-electron chi connectivity index (χ3n) is 3.41. The number of halogens is 1. The molecule has 0 radical (unpaired) electrons. The molecule has 0 saturated carbocycles. The van der Waals surface area contributed by atoms with Crippen LogP contribution in [0.15, 0.2) is 24.3 Å². The van der Waals surface area contributed by atoms with Crippen molar-refractivity contribution in [1.82, 2.24) is 4.90 Å². The predicted octanol–water partition coefficient (Wildman–Crippen LogP) is 2.06. The molecular weight excluding hydrogens is 235 g/mol. The van der Waals surface area contributed by atoms with Crippen molar-refractivity contribution in [2.24, 2.45) is 5.92 Å². The van der Waals surface area contributed by atoms with E-state index < -0.39 is 0 Å². The van der Waals surface area contributed by atoms with Crippen molar-refractivity contribution in [3.63, 3.8) is 0 Å². The third-order valence-corrected chi connectivity index (χ3v) is 3.41. The van der Waals surface area contributed by atoms with Gasteiger partial charge in [0.15, 0.2) is 0 Å². The molecule has 2 amide bonds. The number of benzene rings is 1. The number of carbonyl (C=O) groups is 1. The topological polar surface area (TPSA) is 52.6 Å². The van der Waals surface area contributed by atoms with Gasteiger partial charge in [-0.05, 0) is 30.5 Å². The Morgan fingerprint density at radius 1 is 1.61 bits per heavy atom. The number of urea groups is 1. The molecule has 0 aliphatic carbocycles. The molecule has 2 N–H and O–H groups in total. The van der Waals surface area contributed by atoms with Gasteiger partial charge in [-0.25, -0.2) is 9.18 Å². The highest BCUT2D eigenvalue weighted by molar-refractivity contribution is 5.89. The summed E-state index contributed by atoms with van der Waals surface area (Å²) in [4.78, 5) is 13.6. The fourth-order valence-electron chi connectivity index (χ4n) is 2.30. The van der Waals surface area contributed by atoms with E-state index in [1.54, 1.807) is 17.0 Å². The number of carbonyl (C=O) groups excluding carboxylic acids is 1. The quantitative estimate of drug-likeness (QED) is 0.846. The average Bonchev–Trinajstić information content (AvgIpc) is 2.70. The summed E-state index contributed by atoms with van der Waals surface area (Å²) in [5.74, 6) is -0.102. The van der Waals surface area contributed by atoms with Gasteiger partial charge in [0.05, 0.1) is 12.6 Å². The molecule has 5 heteroatoms. The van der Waals surface area contributed by atoms with Gasteiger partial charge < -0.3 is 15.3 Å². The third kappa shape index (κ3) is 2.61. The molecule has 1 fully saturated rings. The van der Waals surface area contributed by atoms with Crippen molar-refractivity contribution >= 4 is 11.7 Å². The lowest BCUT2D eigenvalue weighted by Crippen LogP contribution is -2.42. The maximum Gasteiger partial charge on any atom is 0.322 e. The lowest BCUT2D eigenvalue weighted by atomic mass is 10.0. The lowest BCUT2D eigenvalue weighted by molar-refractivity contribution is 0.152. The van der Waals surface area contributed by atoms with E-state index in [1.807, 2.05) is 6.92 Å². The van der Waals surface area contributed by atoms with Crippen molar-refractivity contribution in [2.75, 3.05) is 18.5 Å². The van der Waals surface area contributed by atoms with Gasteiger partial charge in [0.1, 0.15) is 5.82 Å². The number of amides is 2. The van der Waals surface area contributed by atoms with Crippen molar-refractivity contribution < 1.29 is 14.3 Å². The Hall–Kier alpha value is -1.62. The molecule has 0 aromatic heterocycles. The van der Waals surface area contributed by atoms with Crippen molar-refractivity contribution in [3.05, 3.63) is 30.1 Å². The molecule has 0 spiro atoms. The van der Waals surface area contributed by atoms with Crippen LogP contribution in [0.2, 0.25) is 0 Å². The molecule has 4 nitrogen and oxygen atoms in total. The highest BCUT2D eigenvalue weighted by Gasteiger charge is 2.33. The Labute approximate surface area is 105 Å². The first-order valence-corrected chi connectivity index (χ1v) is 6.06. The maximum atomic E-state index is 13.0. The van der Waals surface area contributed by atoms with E-state index in [9.17, 15) is 14.3 Å². The summed E-state index contributed by atoms with van der Waals surface area (Å²) in [5.41, 5.74) is 0.427. The Bertz CT molecular complexity index is 439. The Kier molecular flexibility index (Phi) is 3.81. The van der Waals surface area contributed by atoms with Crippen molar-refractivity contribution in [2.45, 2.75) is 19.4 Å². The van der Waals surface area contributed by atoms with Crippen LogP contribution in [-0.2, 0) is 0 Å². The fourth-order valence-corrected chi connectivity index (χ4v) is 2.30. The van der Waals surface area contributed by atoms with E-state index in [1.165, 1.54) is 12.1 Å². The minimum absolute atomic E-state index is 0.0439. The van der Waals surface area contributed by atoms with Crippen LogP contribution >= 0.6 is 0 Å². The van der Waals surface area contributed by atoms with E-state index in [0.29, 0.717) is 12.2 Å². The summed E-state index contributed by atoms with van der Waals surface area (Å²) in [7, 11) is 0. The molecule has 1 heterocycles. The number of anilines is 1. The first kappa shape index (κ1) is 12.8. The van der Waals surface area contributed by atoms with Crippen LogP contribution in [-0.4, -0.2) is 35.2 Å². The van der Waals surface area contributed by atoms with E-state index >= 15 is 0 Å². The second kappa shape index (κ2) is 5.35. The van der Waals surface area contributed by atoms with Gasteiger partial charge >= 0.3 is 6.03 Å². The van der Waals surface area contributed by atoms with Gasteiger partial charge in [0.2, 0.25) is 0 Å². The van der Waals surface area contributed by atoms with Gasteiger partial charge in [0.25, 0.3) is 0 Å². The van der Waals surface area contributed by atoms with Gasteiger partial charge in [-0.3, -0.25) is 0 Å². The SMILES string of the molecule is CC1CCN(C(=O)Nc2cccc(F)c2)C1CO. The molecular formula is C13H17FN2O2. The first-order chi connectivity index (χ1) is 8.61. The van der Waals surface area contributed by atoms with Crippen LogP contribution in [0.25, 0.3) is 0 Å². The summed E-state index contributed by atoms with van der Waals surface area (Å²) >= 11 is 0. The van der Waals surface area contributed by atoms with E-state index in [4.69, 9.17) is 0 Å². The second-order valence-corrected chi connectivity index (χ2v) is 4.65. The normalized spacial score (nSPS) is 23.2. The van der Waals surface area contributed by atoms with E-state index in [-0.39, 0.29) is 30.4 Å². The number of hydrogen-bond donors (Lipinski definition) is 2. The number of aliphatic hydroxyl groups excluding tert-OH is 1. The summed E-state index contributed by atoms with van der Waals surface area (Å²) in [6.07, 6.45) is 0.877. The molecule has 1 aliphatic rings. The van der Waals surface area contributed by atoms with Crippen LogP contribution in [0.5, 0.6) is 0 Å². The minimum atomic E-state index is -0.388. The molecule has 2 unspecified atom stereocenters. The molecule has 1 aromatic rings. The van der Waals surface area contributed by atoms with Gasteiger partial charge in [-0.15, -0.1) is 0 Å². The molecule has 1 aliphatic heterocycles. The summed E-state index contributed by atoms with van der Waals surface area (Å²) in [6.45, 7) is 2.58. The van der Waals surface area contributed by atoms with Crippen molar-refractivity contribution in [1.29, 1.82) is 0 Å². The van der Waals surface area contributed by atoms with Gasteiger partial charge in [0, 0.05) is 12.2 Å². The standard InChI is InChI=1S/C13H17FN2O2/c1-9-5-6-16(12(9)8-17)13(18)15-11-4-2-3-10(14)7-11/h2-4,7,9,12,17H,5-6,8H2,1H3,(H,15,18).